The van der Waals surface area contributed by atoms with E-state index < -0.39 is 0 Å². The van der Waals surface area contributed by atoms with Crippen LogP contribution in [0.15, 0.2) is 6.07 Å². The van der Waals surface area contributed by atoms with Crippen molar-refractivity contribution in [1.29, 1.82) is 0 Å². The summed E-state index contributed by atoms with van der Waals surface area (Å²) >= 11 is 0. The molecule has 0 spiro atoms. The predicted octanol–water partition coefficient (Wildman–Crippen LogP) is 3.27. The van der Waals surface area contributed by atoms with Crippen LogP contribution in [0.4, 0.5) is 5.69 Å². The van der Waals surface area contributed by atoms with Crippen LogP contribution >= 0.6 is 0 Å². The first-order chi connectivity index (χ1) is 7.36. The topological polar surface area (TPSA) is 26.0 Å². The molecule has 0 aliphatic heterocycles. The number of hydrogen-bond acceptors (Lipinski definition) is 1. The summed E-state index contributed by atoms with van der Waals surface area (Å²) < 4.78 is 0. The third-order valence-corrected chi connectivity index (χ3v) is 3.52. The van der Waals surface area contributed by atoms with E-state index >= 15 is 0 Å². The smallest absolute Gasteiger partial charge is 0.0384 e. The van der Waals surface area contributed by atoms with E-state index in [1.165, 1.54) is 60.8 Å². The lowest BCUT2D eigenvalue weighted by molar-refractivity contribution is 0.898. The quantitative estimate of drug-likeness (QED) is 0.643. The van der Waals surface area contributed by atoms with Crippen LogP contribution < -0.4 is 5.73 Å². The first-order valence-corrected chi connectivity index (χ1v) is 6.28. The summed E-state index contributed by atoms with van der Waals surface area (Å²) in [5.41, 5.74) is 13.4. The molecule has 0 unspecified atom stereocenters. The number of benzene rings is 1. The molecule has 0 aromatic heterocycles. The molecule has 2 N–H and O–H groups in total. The van der Waals surface area contributed by atoms with Crippen LogP contribution in [0.5, 0.6) is 0 Å². The predicted molar refractivity (Wildman–Crippen MR) is 66.3 cm³/mol. The lowest BCUT2D eigenvalue weighted by Crippen LogP contribution is -1.99. The molecule has 2 aliphatic rings. The molecule has 0 bridgehead atoms. The molecule has 0 saturated carbocycles. The fraction of sp³-hybridized carbons (Fsp3) is 0.571. The molecule has 2 aliphatic carbocycles. The van der Waals surface area contributed by atoms with Crippen molar-refractivity contribution in [3.8, 4) is 0 Å². The Morgan fingerprint density at radius 3 is 1.80 bits per heavy atom. The molecule has 0 fully saturated rings. The Bertz CT molecular complexity index is 334. The van der Waals surface area contributed by atoms with E-state index in [-0.39, 0.29) is 0 Å². The van der Waals surface area contributed by atoms with Gasteiger partial charge in [-0.25, -0.2) is 0 Å². The average molecular weight is 203 g/mol. The first kappa shape index (κ1) is 10.5. The van der Waals surface area contributed by atoms with Crippen LogP contribution in [0, 0.1) is 0 Å². The number of nitrogens with two attached hydrogens (primary N) is 1. The number of fused-ring (bicyclic) bond motifs is 2. The van der Waals surface area contributed by atoms with Crippen LogP contribution in [0.2, 0.25) is 0 Å². The second kappa shape index (κ2) is 4.26. The summed E-state index contributed by atoms with van der Waals surface area (Å²) in [5.74, 6) is 0. The summed E-state index contributed by atoms with van der Waals surface area (Å²) in [5, 5.41) is 0. The van der Waals surface area contributed by atoms with Crippen LogP contribution in [-0.4, -0.2) is 0 Å². The molecule has 3 rings (SSSR count). The number of anilines is 1. The Balaban J connectivity index is 0.000000404. The molecular formula is C14H21N. The minimum atomic E-state index is 1.14. The first-order valence-electron chi connectivity index (χ1n) is 6.28. The number of aryl methyl sites for hydroxylation is 2. The second-order valence-corrected chi connectivity index (χ2v) is 4.27. The standard InChI is InChI=1S/C12H15N.C2H6/c13-12-10-5-1-3-8(10)7-9-4-2-6-11(9)12;1-2/h7H,1-6,13H2;1-2H3. The Hall–Kier alpha value is -0.980. The molecule has 0 radical (unpaired) electrons. The third kappa shape index (κ3) is 1.64. The summed E-state index contributed by atoms with van der Waals surface area (Å²) in [7, 11) is 0. The van der Waals surface area contributed by atoms with E-state index in [1.807, 2.05) is 13.8 Å². The molecule has 1 aromatic carbocycles. The van der Waals surface area contributed by atoms with E-state index in [0.717, 1.165) is 5.69 Å². The lowest BCUT2D eigenvalue weighted by Gasteiger charge is -2.10. The molecule has 0 heterocycles. The minimum Gasteiger partial charge on any atom is -0.398 e. The summed E-state index contributed by atoms with van der Waals surface area (Å²) in [6.07, 6.45) is 7.56. The molecule has 15 heavy (non-hydrogen) atoms. The van der Waals surface area contributed by atoms with Gasteiger partial charge in [-0.05, 0) is 60.8 Å². The maximum atomic E-state index is 6.19. The van der Waals surface area contributed by atoms with E-state index in [2.05, 4.69) is 6.07 Å². The van der Waals surface area contributed by atoms with E-state index in [0.29, 0.717) is 0 Å². The highest BCUT2D eigenvalue weighted by molar-refractivity contribution is 5.63. The van der Waals surface area contributed by atoms with Gasteiger partial charge in [-0.1, -0.05) is 19.9 Å². The van der Waals surface area contributed by atoms with Crippen molar-refractivity contribution in [2.24, 2.45) is 0 Å². The van der Waals surface area contributed by atoms with Crippen LogP contribution in [0.1, 0.15) is 48.9 Å². The SMILES string of the molecule is CC.Nc1c2c(cc3c1CCC3)CCC2. The molecule has 0 amide bonds. The number of nitrogen functional groups attached to an aromatic ring is 1. The summed E-state index contributed by atoms with van der Waals surface area (Å²) in [6.45, 7) is 4.00. The van der Waals surface area contributed by atoms with Gasteiger partial charge in [0.15, 0.2) is 0 Å². The molecule has 0 saturated heterocycles. The Kier molecular flexibility index (Phi) is 2.99. The maximum absolute atomic E-state index is 6.19. The van der Waals surface area contributed by atoms with Gasteiger partial charge in [0.25, 0.3) is 0 Å². The largest absolute Gasteiger partial charge is 0.398 e. The molecule has 1 heteroatoms. The normalized spacial score (nSPS) is 16.7. The van der Waals surface area contributed by atoms with Crippen LogP contribution in [0.25, 0.3) is 0 Å². The average Bonchev–Trinajstić information content (AvgIpc) is 2.89. The highest BCUT2D eigenvalue weighted by atomic mass is 14.6. The van der Waals surface area contributed by atoms with Crippen molar-refractivity contribution in [3.05, 3.63) is 28.3 Å². The molecule has 1 nitrogen and oxygen atoms in total. The maximum Gasteiger partial charge on any atom is 0.0384 e. The molecule has 0 atom stereocenters. The van der Waals surface area contributed by atoms with Gasteiger partial charge in [-0.15, -0.1) is 0 Å². The van der Waals surface area contributed by atoms with Crippen molar-refractivity contribution >= 4 is 5.69 Å². The Labute approximate surface area is 92.7 Å². The highest BCUT2D eigenvalue weighted by Crippen LogP contribution is 2.36. The fourth-order valence-electron chi connectivity index (χ4n) is 2.86. The fourth-order valence-corrected chi connectivity index (χ4v) is 2.86. The monoisotopic (exact) mass is 203 g/mol. The summed E-state index contributed by atoms with van der Waals surface area (Å²) in [6, 6.07) is 2.42. The zero-order chi connectivity index (χ0) is 10.8. The van der Waals surface area contributed by atoms with Gasteiger partial charge >= 0.3 is 0 Å². The zero-order valence-corrected chi connectivity index (χ0v) is 9.90. The van der Waals surface area contributed by atoms with Gasteiger partial charge in [0.2, 0.25) is 0 Å². The Morgan fingerprint density at radius 2 is 1.33 bits per heavy atom. The van der Waals surface area contributed by atoms with Crippen molar-refractivity contribution in [2.45, 2.75) is 52.4 Å². The third-order valence-electron chi connectivity index (χ3n) is 3.52. The van der Waals surface area contributed by atoms with Crippen molar-refractivity contribution in [1.82, 2.24) is 0 Å². The second-order valence-electron chi connectivity index (χ2n) is 4.27. The van der Waals surface area contributed by atoms with Crippen molar-refractivity contribution < 1.29 is 0 Å². The minimum absolute atomic E-state index is 1.14. The van der Waals surface area contributed by atoms with Gasteiger partial charge in [-0.2, -0.15) is 0 Å². The number of hydrogen-bond donors (Lipinski definition) is 1. The van der Waals surface area contributed by atoms with Crippen LogP contribution in [0.3, 0.4) is 0 Å². The number of rotatable bonds is 0. The van der Waals surface area contributed by atoms with Gasteiger partial charge in [0.05, 0.1) is 0 Å². The molecule has 1 aromatic rings. The van der Waals surface area contributed by atoms with Crippen LogP contribution in [-0.2, 0) is 25.7 Å². The van der Waals surface area contributed by atoms with Gasteiger partial charge in [0.1, 0.15) is 0 Å². The van der Waals surface area contributed by atoms with Gasteiger partial charge < -0.3 is 5.73 Å². The zero-order valence-electron chi connectivity index (χ0n) is 9.90. The Morgan fingerprint density at radius 1 is 0.867 bits per heavy atom. The molecular weight excluding hydrogens is 182 g/mol. The highest BCUT2D eigenvalue weighted by Gasteiger charge is 2.21. The molecule has 82 valence electrons. The lowest BCUT2D eigenvalue weighted by atomic mass is 9.99. The van der Waals surface area contributed by atoms with Gasteiger partial charge in [-0.3, -0.25) is 0 Å². The van der Waals surface area contributed by atoms with E-state index in [4.69, 9.17) is 5.73 Å². The van der Waals surface area contributed by atoms with Crippen molar-refractivity contribution in [2.75, 3.05) is 5.73 Å². The van der Waals surface area contributed by atoms with Crippen molar-refractivity contribution in [3.63, 3.8) is 0 Å². The van der Waals surface area contributed by atoms with Gasteiger partial charge in [0, 0.05) is 5.69 Å². The summed E-state index contributed by atoms with van der Waals surface area (Å²) in [4.78, 5) is 0. The van der Waals surface area contributed by atoms with E-state index in [9.17, 15) is 0 Å². The van der Waals surface area contributed by atoms with E-state index in [1.54, 1.807) is 0 Å².